The summed E-state index contributed by atoms with van der Waals surface area (Å²) in [4.78, 5) is 25.5. The number of phenols is 1. The van der Waals surface area contributed by atoms with Crippen LogP contribution in [0.1, 0.15) is 25.3 Å². The van der Waals surface area contributed by atoms with E-state index in [0.717, 1.165) is 24.6 Å². The molecule has 1 saturated heterocycles. The van der Waals surface area contributed by atoms with Crippen molar-refractivity contribution in [1.82, 2.24) is 4.90 Å². The molecule has 0 saturated carbocycles. The van der Waals surface area contributed by atoms with Crippen LogP contribution in [0, 0.1) is 0 Å². The number of phenolic OH excluding ortho intramolecular Hbond substituents is 1. The second-order valence-electron chi connectivity index (χ2n) is 4.39. The lowest BCUT2D eigenvalue weighted by Crippen LogP contribution is -2.29. The zero-order chi connectivity index (χ0) is 14.7. The Bertz CT molecular complexity index is 586. The standard InChI is InChI=1S/C14H14ClNO3S/c1-2-3-6-16-13(18)12(20-14(16)19)8-9-7-10(15)4-5-11(9)17/h4-5,7-8,17H,2-3,6H2,1H3/b12-8-. The van der Waals surface area contributed by atoms with Crippen LogP contribution in [0.4, 0.5) is 4.79 Å². The summed E-state index contributed by atoms with van der Waals surface area (Å²) in [5.74, 6) is -0.289. The van der Waals surface area contributed by atoms with Crippen LogP contribution in [0.3, 0.4) is 0 Å². The van der Waals surface area contributed by atoms with Gasteiger partial charge in [0.2, 0.25) is 0 Å². The summed E-state index contributed by atoms with van der Waals surface area (Å²) in [5.41, 5.74) is 0.429. The summed E-state index contributed by atoms with van der Waals surface area (Å²) in [6.45, 7) is 2.43. The van der Waals surface area contributed by atoms with Gasteiger partial charge in [-0.25, -0.2) is 0 Å². The molecule has 1 aliphatic heterocycles. The second-order valence-corrected chi connectivity index (χ2v) is 5.82. The van der Waals surface area contributed by atoms with Crippen molar-refractivity contribution in [1.29, 1.82) is 0 Å². The van der Waals surface area contributed by atoms with E-state index in [9.17, 15) is 14.7 Å². The summed E-state index contributed by atoms with van der Waals surface area (Å²) >= 11 is 6.74. The van der Waals surface area contributed by atoms with E-state index in [1.165, 1.54) is 17.0 Å². The predicted octanol–water partition coefficient (Wildman–Crippen LogP) is 3.88. The number of thioether (sulfide) groups is 1. The highest BCUT2D eigenvalue weighted by atomic mass is 35.5. The molecule has 0 radical (unpaired) electrons. The van der Waals surface area contributed by atoms with E-state index in [4.69, 9.17) is 11.6 Å². The van der Waals surface area contributed by atoms with Crippen LogP contribution in [-0.2, 0) is 4.79 Å². The maximum Gasteiger partial charge on any atom is 0.293 e. The van der Waals surface area contributed by atoms with Gasteiger partial charge in [-0.3, -0.25) is 14.5 Å². The summed E-state index contributed by atoms with van der Waals surface area (Å²) in [5, 5.41) is 9.92. The monoisotopic (exact) mass is 311 g/mol. The van der Waals surface area contributed by atoms with Gasteiger partial charge in [0.05, 0.1) is 4.91 Å². The Morgan fingerprint density at radius 3 is 2.85 bits per heavy atom. The van der Waals surface area contributed by atoms with Crippen molar-refractivity contribution in [2.24, 2.45) is 0 Å². The topological polar surface area (TPSA) is 57.6 Å². The van der Waals surface area contributed by atoms with Crippen LogP contribution in [0.25, 0.3) is 6.08 Å². The summed E-state index contributed by atoms with van der Waals surface area (Å²) < 4.78 is 0. The lowest BCUT2D eigenvalue weighted by Gasteiger charge is -2.10. The van der Waals surface area contributed by atoms with Gasteiger partial charge in [0, 0.05) is 17.1 Å². The maximum absolute atomic E-state index is 12.1. The van der Waals surface area contributed by atoms with E-state index < -0.39 is 0 Å². The Hall–Kier alpha value is -1.46. The normalized spacial score (nSPS) is 17.3. The molecular weight excluding hydrogens is 298 g/mol. The van der Waals surface area contributed by atoms with Crippen LogP contribution in [0.15, 0.2) is 23.1 Å². The Morgan fingerprint density at radius 1 is 1.40 bits per heavy atom. The zero-order valence-corrected chi connectivity index (χ0v) is 12.5. The average Bonchev–Trinajstić information content (AvgIpc) is 2.67. The number of unbranched alkanes of at least 4 members (excludes halogenated alkanes) is 1. The van der Waals surface area contributed by atoms with Gasteiger partial charge >= 0.3 is 0 Å². The predicted molar refractivity (Wildman–Crippen MR) is 80.7 cm³/mol. The molecule has 1 aromatic rings. The van der Waals surface area contributed by atoms with Crippen LogP contribution < -0.4 is 0 Å². The fraction of sp³-hybridized carbons (Fsp3) is 0.286. The van der Waals surface area contributed by atoms with Crippen molar-refractivity contribution in [3.63, 3.8) is 0 Å². The molecule has 4 nitrogen and oxygen atoms in total. The number of carbonyl (C=O) groups is 2. The number of carbonyl (C=O) groups excluding carboxylic acids is 2. The molecule has 2 amide bonds. The molecule has 0 atom stereocenters. The molecule has 2 rings (SSSR count). The number of nitrogens with zero attached hydrogens (tertiary/aromatic N) is 1. The van der Waals surface area contributed by atoms with E-state index in [1.54, 1.807) is 12.1 Å². The van der Waals surface area contributed by atoms with E-state index in [1.807, 2.05) is 6.92 Å². The van der Waals surface area contributed by atoms with E-state index >= 15 is 0 Å². The largest absolute Gasteiger partial charge is 0.507 e. The molecule has 1 heterocycles. The Morgan fingerprint density at radius 2 is 2.15 bits per heavy atom. The van der Waals surface area contributed by atoms with Crippen LogP contribution >= 0.6 is 23.4 Å². The number of imide groups is 1. The highest BCUT2D eigenvalue weighted by Crippen LogP contribution is 2.34. The zero-order valence-electron chi connectivity index (χ0n) is 10.9. The quantitative estimate of drug-likeness (QED) is 0.857. The molecular formula is C14H14ClNO3S. The van der Waals surface area contributed by atoms with Gasteiger partial charge in [-0.2, -0.15) is 0 Å². The SMILES string of the molecule is CCCCN1C(=O)S/C(=C\c2cc(Cl)ccc2O)C1=O. The van der Waals surface area contributed by atoms with Crippen LogP contribution in [0.5, 0.6) is 5.75 Å². The average molecular weight is 312 g/mol. The van der Waals surface area contributed by atoms with E-state index in [-0.39, 0.29) is 16.9 Å². The molecule has 1 fully saturated rings. The van der Waals surface area contributed by atoms with Gasteiger partial charge in [-0.15, -0.1) is 0 Å². The number of halogens is 1. The number of aromatic hydroxyl groups is 1. The Balaban J connectivity index is 2.25. The maximum atomic E-state index is 12.1. The molecule has 0 aliphatic carbocycles. The summed E-state index contributed by atoms with van der Waals surface area (Å²) in [7, 11) is 0. The third kappa shape index (κ3) is 3.16. The first kappa shape index (κ1) is 14.9. The highest BCUT2D eigenvalue weighted by Gasteiger charge is 2.34. The number of hydrogen-bond acceptors (Lipinski definition) is 4. The smallest absolute Gasteiger partial charge is 0.293 e. The molecule has 106 valence electrons. The fourth-order valence-electron chi connectivity index (χ4n) is 1.79. The molecule has 0 aromatic heterocycles. The van der Waals surface area contributed by atoms with Gasteiger partial charge in [-0.1, -0.05) is 24.9 Å². The summed E-state index contributed by atoms with van der Waals surface area (Å²) in [6.07, 6.45) is 3.20. The molecule has 20 heavy (non-hydrogen) atoms. The highest BCUT2D eigenvalue weighted by molar-refractivity contribution is 8.18. The van der Waals surface area contributed by atoms with E-state index in [0.29, 0.717) is 22.0 Å². The van der Waals surface area contributed by atoms with E-state index in [2.05, 4.69) is 0 Å². The van der Waals surface area contributed by atoms with Crippen LogP contribution in [-0.4, -0.2) is 27.7 Å². The van der Waals surface area contributed by atoms with Crippen molar-refractivity contribution in [2.45, 2.75) is 19.8 Å². The van der Waals surface area contributed by atoms with Crippen molar-refractivity contribution in [3.05, 3.63) is 33.7 Å². The number of amides is 2. The van der Waals surface area contributed by atoms with Crippen molar-refractivity contribution in [2.75, 3.05) is 6.54 Å². The van der Waals surface area contributed by atoms with Gasteiger partial charge in [-0.05, 0) is 42.5 Å². The van der Waals surface area contributed by atoms with Crippen molar-refractivity contribution in [3.8, 4) is 5.75 Å². The first-order valence-electron chi connectivity index (χ1n) is 6.27. The third-order valence-electron chi connectivity index (χ3n) is 2.89. The summed E-state index contributed by atoms with van der Waals surface area (Å²) in [6, 6.07) is 4.56. The Labute approximate surface area is 126 Å². The third-order valence-corrected chi connectivity index (χ3v) is 4.03. The van der Waals surface area contributed by atoms with Gasteiger partial charge in [0.1, 0.15) is 5.75 Å². The molecule has 0 bridgehead atoms. The first-order valence-corrected chi connectivity index (χ1v) is 7.46. The minimum Gasteiger partial charge on any atom is -0.507 e. The molecule has 0 spiro atoms. The van der Waals surface area contributed by atoms with Gasteiger partial charge < -0.3 is 5.11 Å². The van der Waals surface area contributed by atoms with Crippen molar-refractivity contribution < 1.29 is 14.7 Å². The first-order chi connectivity index (χ1) is 9.52. The molecule has 1 N–H and O–H groups in total. The minimum atomic E-state index is -0.312. The molecule has 1 aromatic carbocycles. The number of benzene rings is 1. The lowest BCUT2D eigenvalue weighted by molar-refractivity contribution is -0.122. The van der Waals surface area contributed by atoms with Gasteiger partial charge in [0.25, 0.3) is 11.1 Å². The van der Waals surface area contributed by atoms with Crippen molar-refractivity contribution >= 4 is 40.6 Å². The molecule has 1 aliphatic rings. The number of hydrogen-bond donors (Lipinski definition) is 1. The fourth-order valence-corrected chi connectivity index (χ4v) is 2.83. The minimum absolute atomic E-state index is 0.0229. The van der Waals surface area contributed by atoms with Gasteiger partial charge in [0.15, 0.2) is 0 Å². The number of rotatable bonds is 4. The lowest BCUT2D eigenvalue weighted by atomic mass is 10.2. The second kappa shape index (κ2) is 6.33. The molecule has 6 heteroatoms. The van der Waals surface area contributed by atoms with Crippen LogP contribution in [0.2, 0.25) is 5.02 Å². The Kier molecular flexibility index (Phi) is 4.73. The molecule has 0 unspecified atom stereocenters.